The van der Waals surface area contributed by atoms with Gasteiger partial charge in [0.25, 0.3) is 5.89 Å². The summed E-state index contributed by atoms with van der Waals surface area (Å²) in [7, 11) is -3.53. The first-order valence-electron chi connectivity index (χ1n) is 9.61. The molecule has 0 saturated heterocycles. The fraction of sp³-hybridized carbons (Fsp3) is 0.136. The Hall–Kier alpha value is -4.10. The van der Waals surface area contributed by atoms with Crippen LogP contribution in [0.15, 0.2) is 64.0 Å². The van der Waals surface area contributed by atoms with E-state index in [9.17, 15) is 13.7 Å². The molecule has 0 aliphatic heterocycles. The first kappa shape index (κ1) is 21.1. The van der Waals surface area contributed by atoms with Crippen molar-refractivity contribution in [2.45, 2.75) is 24.0 Å². The van der Waals surface area contributed by atoms with Crippen molar-refractivity contribution in [2.24, 2.45) is 0 Å². The summed E-state index contributed by atoms with van der Waals surface area (Å²) in [5.41, 5.74) is 7.76. The number of aromatic nitrogens is 4. The predicted molar refractivity (Wildman–Crippen MR) is 118 cm³/mol. The van der Waals surface area contributed by atoms with E-state index in [1.165, 1.54) is 24.4 Å². The number of rotatable bonds is 5. The quantitative estimate of drug-likeness (QED) is 0.486. The summed E-state index contributed by atoms with van der Waals surface area (Å²) < 4.78 is 30.7. The first-order valence-corrected chi connectivity index (χ1v) is 11.2. The van der Waals surface area contributed by atoms with Gasteiger partial charge >= 0.3 is 0 Å². The molecule has 0 aliphatic carbocycles. The minimum absolute atomic E-state index is 0.0702. The summed E-state index contributed by atoms with van der Waals surface area (Å²) in [5.74, 6) is 0.455. The molecule has 4 aromatic rings. The molecule has 160 valence electrons. The van der Waals surface area contributed by atoms with Crippen LogP contribution in [0.5, 0.6) is 0 Å². The van der Waals surface area contributed by atoms with Gasteiger partial charge < -0.3 is 10.2 Å². The molecule has 32 heavy (non-hydrogen) atoms. The first-order chi connectivity index (χ1) is 15.3. The highest BCUT2D eigenvalue weighted by molar-refractivity contribution is 7.92. The Morgan fingerprint density at radius 1 is 1.06 bits per heavy atom. The molecule has 9 nitrogen and oxygen atoms in total. The third-order valence-electron chi connectivity index (χ3n) is 4.79. The second kappa shape index (κ2) is 8.20. The van der Waals surface area contributed by atoms with Crippen molar-refractivity contribution in [3.8, 4) is 40.4 Å². The number of benzene rings is 2. The number of nitrogen functional groups attached to an aromatic ring is 1. The maximum Gasteiger partial charge on any atom is 0.270 e. The van der Waals surface area contributed by atoms with Gasteiger partial charge in [0.05, 0.1) is 33.7 Å². The van der Waals surface area contributed by atoms with E-state index in [0.29, 0.717) is 17.1 Å². The highest BCUT2D eigenvalue weighted by atomic mass is 32.2. The summed E-state index contributed by atoms with van der Waals surface area (Å²) in [6, 6.07) is 15.6. The highest BCUT2D eigenvalue weighted by Crippen LogP contribution is 2.30. The van der Waals surface area contributed by atoms with E-state index in [4.69, 9.17) is 10.2 Å². The number of sulfone groups is 1. The van der Waals surface area contributed by atoms with Crippen molar-refractivity contribution < 1.29 is 12.8 Å². The molecule has 4 rings (SSSR count). The molecule has 2 aromatic carbocycles. The summed E-state index contributed by atoms with van der Waals surface area (Å²) in [6.07, 6.45) is 1.40. The predicted octanol–water partition coefficient (Wildman–Crippen LogP) is 3.50. The topological polar surface area (TPSA) is 149 Å². The Morgan fingerprint density at radius 2 is 1.78 bits per heavy atom. The lowest BCUT2D eigenvalue weighted by molar-refractivity contribution is 0.582. The van der Waals surface area contributed by atoms with Gasteiger partial charge in [-0.3, -0.25) is 0 Å². The molecule has 10 heteroatoms. The zero-order valence-corrected chi connectivity index (χ0v) is 18.0. The van der Waals surface area contributed by atoms with Gasteiger partial charge in [-0.1, -0.05) is 24.3 Å². The van der Waals surface area contributed by atoms with Gasteiger partial charge in [0.1, 0.15) is 0 Å². The number of hydrogen-bond acceptors (Lipinski definition) is 9. The lowest BCUT2D eigenvalue weighted by Crippen LogP contribution is -2.14. The Morgan fingerprint density at radius 3 is 2.47 bits per heavy atom. The van der Waals surface area contributed by atoms with Crippen LogP contribution in [0.25, 0.3) is 34.3 Å². The van der Waals surface area contributed by atoms with E-state index in [1.54, 1.807) is 13.8 Å². The molecule has 0 fully saturated rings. The van der Waals surface area contributed by atoms with Gasteiger partial charge in [0.2, 0.25) is 5.89 Å². The van der Waals surface area contributed by atoms with Crippen LogP contribution in [0.3, 0.4) is 0 Å². The van der Waals surface area contributed by atoms with Gasteiger partial charge in [-0.2, -0.15) is 5.26 Å². The van der Waals surface area contributed by atoms with Crippen molar-refractivity contribution >= 4 is 15.7 Å². The van der Waals surface area contributed by atoms with E-state index >= 15 is 0 Å². The Labute approximate surface area is 184 Å². The van der Waals surface area contributed by atoms with Gasteiger partial charge in [0, 0.05) is 11.1 Å². The van der Waals surface area contributed by atoms with Crippen LogP contribution >= 0.6 is 0 Å². The van der Waals surface area contributed by atoms with E-state index in [0.717, 1.165) is 5.56 Å². The molecule has 2 heterocycles. The SMILES string of the molecule is CC(C)S(=O)(=O)c1ccc(-c2cnc(N)c(-c3nnc(-c4ccccc4)o3)n2)c(C#N)c1. The van der Waals surface area contributed by atoms with Crippen LogP contribution in [0, 0.1) is 11.3 Å². The summed E-state index contributed by atoms with van der Waals surface area (Å²) in [5, 5.41) is 17.1. The molecule has 0 unspecified atom stereocenters. The Balaban J connectivity index is 1.77. The molecule has 0 spiro atoms. The van der Waals surface area contributed by atoms with E-state index < -0.39 is 15.1 Å². The number of anilines is 1. The molecule has 0 bridgehead atoms. The Kier molecular flexibility index (Phi) is 5.42. The Bertz CT molecular complexity index is 1440. The largest absolute Gasteiger partial charge is 0.414 e. The van der Waals surface area contributed by atoms with E-state index in [2.05, 4.69) is 20.2 Å². The second-order valence-electron chi connectivity index (χ2n) is 7.18. The van der Waals surface area contributed by atoms with Crippen LogP contribution in [-0.4, -0.2) is 33.8 Å². The zero-order chi connectivity index (χ0) is 22.9. The number of nitriles is 1. The normalized spacial score (nSPS) is 11.4. The van der Waals surface area contributed by atoms with Gasteiger partial charge in [-0.15, -0.1) is 10.2 Å². The maximum absolute atomic E-state index is 12.5. The number of nitrogens with zero attached hydrogens (tertiary/aromatic N) is 5. The fourth-order valence-electron chi connectivity index (χ4n) is 2.99. The standard InChI is InChI=1S/C22H18N6O3S/c1-13(2)32(29,30)16-8-9-17(15(10-16)11-23)18-12-25-20(24)19(26-18)22-28-27-21(31-22)14-6-4-3-5-7-14/h3-10,12-13H,1-2H3,(H2,24,25). The van der Waals surface area contributed by atoms with Gasteiger partial charge in [0.15, 0.2) is 21.3 Å². The molecule has 2 aromatic heterocycles. The lowest BCUT2D eigenvalue weighted by atomic mass is 10.1. The number of nitrogens with two attached hydrogens (primary N) is 1. The van der Waals surface area contributed by atoms with Crippen molar-refractivity contribution in [1.82, 2.24) is 20.2 Å². The lowest BCUT2D eigenvalue weighted by Gasteiger charge is -2.11. The van der Waals surface area contributed by atoms with Crippen molar-refractivity contribution in [3.63, 3.8) is 0 Å². The minimum Gasteiger partial charge on any atom is -0.414 e. The monoisotopic (exact) mass is 446 g/mol. The van der Waals surface area contributed by atoms with Gasteiger partial charge in [-0.05, 0) is 38.1 Å². The highest BCUT2D eigenvalue weighted by Gasteiger charge is 2.22. The molecular weight excluding hydrogens is 428 g/mol. The molecule has 0 radical (unpaired) electrons. The zero-order valence-electron chi connectivity index (χ0n) is 17.2. The molecular formula is C22H18N6O3S. The van der Waals surface area contributed by atoms with Gasteiger partial charge in [-0.25, -0.2) is 18.4 Å². The van der Waals surface area contributed by atoms with Crippen molar-refractivity contribution in [1.29, 1.82) is 5.26 Å². The summed E-state index contributed by atoms with van der Waals surface area (Å²) in [4.78, 5) is 8.69. The van der Waals surface area contributed by atoms with Crippen molar-refractivity contribution in [3.05, 3.63) is 60.3 Å². The number of hydrogen-bond donors (Lipinski definition) is 1. The summed E-state index contributed by atoms with van der Waals surface area (Å²) in [6.45, 7) is 3.17. The molecule has 2 N–H and O–H groups in total. The maximum atomic E-state index is 12.5. The van der Waals surface area contributed by atoms with Crippen LogP contribution in [-0.2, 0) is 9.84 Å². The van der Waals surface area contributed by atoms with Crippen molar-refractivity contribution in [2.75, 3.05) is 5.73 Å². The van der Waals surface area contributed by atoms with Crippen LogP contribution in [0.2, 0.25) is 0 Å². The molecule has 0 aliphatic rings. The van der Waals surface area contributed by atoms with Crippen LogP contribution in [0.4, 0.5) is 5.82 Å². The third kappa shape index (κ3) is 3.81. The second-order valence-corrected chi connectivity index (χ2v) is 9.68. The summed E-state index contributed by atoms with van der Waals surface area (Å²) >= 11 is 0. The van der Waals surface area contributed by atoms with Crippen LogP contribution in [0.1, 0.15) is 19.4 Å². The smallest absolute Gasteiger partial charge is 0.270 e. The van der Waals surface area contributed by atoms with E-state index in [-0.39, 0.29) is 27.9 Å². The van der Waals surface area contributed by atoms with Crippen LogP contribution < -0.4 is 5.73 Å². The third-order valence-corrected chi connectivity index (χ3v) is 6.94. The minimum atomic E-state index is -3.53. The average molecular weight is 446 g/mol. The van der Waals surface area contributed by atoms with E-state index in [1.807, 2.05) is 36.4 Å². The fourth-order valence-corrected chi connectivity index (χ4v) is 4.07. The molecule has 0 atom stereocenters. The molecule has 0 saturated carbocycles. The molecule has 0 amide bonds. The average Bonchev–Trinajstić information content (AvgIpc) is 3.29.